The maximum Gasteiger partial charge on any atom is 0.209 e. The Morgan fingerprint density at radius 2 is 2.29 bits per heavy atom. The maximum absolute atomic E-state index is 11.5. The van der Waals surface area contributed by atoms with Crippen LogP contribution in [-0.4, -0.2) is 83.4 Å². The van der Waals surface area contributed by atoms with Gasteiger partial charge in [-0.05, 0) is 10.4 Å². The van der Waals surface area contributed by atoms with Gasteiger partial charge in [0, 0.05) is 20.2 Å². The highest BCUT2D eigenvalue weighted by molar-refractivity contribution is 8.01. The van der Waals surface area contributed by atoms with Crippen LogP contribution >= 0.6 is 11.8 Å². The predicted molar refractivity (Wildman–Crippen MR) is 76.9 cm³/mol. The predicted octanol–water partition coefficient (Wildman–Crippen LogP) is -1.84. The number of rotatable bonds is 8. The van der Waals surface area contributed by atoms with Gasteiger partial charge in [0.25, 0.3) is 0 Å². The third kappa shape index (κ3) is 4.88. The Kier molecular flexibility index (Phi) is 5.93. The van der Waals surface area contributed by atoms with Gasteiger partial charge in [0.05, 0.1) is 36.0 Å². The van der Waals surface area contributed by atoms with Gasteiger partial charge in [0.15, 0.2) is 9.84 Å². The average Bonchev–Trinajstić information content (AvgIpc) is 2.94. The lowest BCUT2D eigenvalue weighted by molar-refractivity contribution is 0.199. The molecule has 1 aromatic heterocycles. The number of hydrogen-bond donors (Lipinski definition) is 2. The number of aromatic nitrogens is 4. The van der Waals surface area contributed by atoms with Crippen molar-refractivity contribution in [2.75, 3.05) is 38.3 Å². The number of thioether (sulfide) groups is 1. The van der Waals surface area contributed by atoms with Crippen LogP contribution in [-0.2, 0) is 21.1 Å². The van der Waals surface area contributed by atoms with Gasteiger partial charge in [0.1, 0.15) is 0 Å². The minimum Gasteiger partial charge on any atom is -0.391 e. The lowest BCUT2D eigenvalue weighted by Gasteiger charge is -2.11. The molecule has 0 aromatic carbocycles. The topological polar surface area (TPSA) is 119 Å². The molecule has 9 nitrogen and oxygen atoms in total. The molecule has 2 atom stereocenters. The molecule has 0 saturated carbocycles. The van der Waals surface area contributed by atoms with E-state index < -0.39 is 21.2 Å². The molecule has 21 heavy (non-hydrogen) atoms. The van der Waals surface area contributed by atoms with Gasteiger partial charge in [-0.2, -0.15) is 0 Å². The fourth-order valence-corrected chi connectivity index (χ4v) is 5.43. The first-order chi connectivity index (χ1) is 10.0. The van der Waals surface area contributed by atoms with Crippen LogP contribution in [0.1, 0.15) is 0 Å². The van der Waals surface area contributed by atoms with Crippen LogP contribution in [0.25, 0.3) is 0 Å². The molecule has 11 heteroatoms. The first kappa shape index (κ1) is 16.6. The van der Waals surface area contributed by atoms with E-state index in [-0.39, 0.29) is 11.5 Å². The average molecular weight is 337 g/mol. The summed E-state index contributed by atoms with van der Waals surface area (Å²) in [6, 6.07) is 0. The van der Waals surface area contributed by atoms with Crippen molar-refractivity contribution < 1.29 is 18.3 Å². The Balaban J connectivity index is 1.86. The van der Waals surface area contributed by atoms with E-state index in [0.29, 0.717) is 24.9 Å². The molecule has 0 amide bonds. The Hall–Kier alpha value is -0.750. The smallest absolute Gasteiger partial charge is 0.209 e. The molecular formula is C10H19N5O4S2. The van der Waals surface area contributed by atoms with Crippen molar-refractivity contribution in [3.8, 4) is 0 Å². The Bertz CT molecular complexity index is 549. The van der Waals surface area contributed by atoms with Gasteiger partial charge in [-0.3, -0.25) is 0 Å². The van der Waals surface area contributed by atoms with Crippen LogP contribution in [0.3, 0.4) is 0 Å². The van der Waals surface area contributed by atoms with Crippen LogP contribution in [0.2, 0.25) is 0 Å². The largest absolute Gasteiger partial charge is 0.391 e. The van der Waals surface area contributed by atoms with E-state index >= 15 is 0 Å². The summed E-state index contributed by atoms with van der Waals surface area (Å²) in [6.07, 6.45) is -0.870. The Morgan fingerprint density at radius 1 is 1.48 bits per heavy atom. The molecule has 1 aliphatic heterocycles. The zero-order chi connectivity index (χ0) is 15.3. The number of methoxy groups -OCH3 is 1. The van der Waals surface area contributed by atoms with E-state index in [9.17, 15) is 13.5 Å². The van der Waals surface area contributed by atoms with Crippen LogP contribution in [0.5, 0.6) is 0 Å². The van der Waals surface area contributed by atoms with E-state index in [1.165, 1.54) is 11.8 Å². The van der Waals surface area contributed by atoms with E-state index in [4.69, 9.17) is 4.74 Å². The van der Waals surface area contributed by atoms with Gasteiger partial charge in [-0.1, -0.05) is 11.8 Å². The van der Waals surface area contributed by atoms with Crippen molar-refractivity contribution in [1.29, 1.82) is 0 Å². The van der Waals surface area contributed by atoms with Crippen molar-refractivity contribution in [2.45, 2.75) is 23.1 Å². The summed E-state index contributed by atoms with van der Waals surface area (Å²) in [5, 5.41) is 24.4. The minimum atomic E-state index is -3.16. The van der Waals surface area contributed by atoms with Gasteiger partial charge in [-0.25, -0.2) is 13.1 Å². The molecule has 0 spiro atoms. The third-order valence-corrected chi connectivity index (χ3v) is 6.23. The van der Waals surface area contributed by atoms with Gasteiger partial charge >= 0.3 is 0 Å². The molecular weight excluding hydrogens is 318 g/mol. The summed E-state index contributed by atoms with van der Waals surface area (Å²) >= 11 is 1.21. The monoisotopic (exact) mass is 337 g/mol. The highest BCUT2D eigenvalue weighted by Crippen LogP contribution is 2.29. The van der Waals surface area contributed by atoms with Crippen molar-refractivity contribution in [3.63, 3.8) is 0 Å². The van der Waals surface area contributed by atoms with Crippen LogP contribution in [0.15, 0.2) is 5.16 Å². The quantitative estimate of drug-likeness (QED) is 0.527. The molecule has 1 fully saturated rings. The molecule has 1 aromatic rings. The molecule has 1 saturated heterocycles. The van der Waals surface area contributed by atoms with Gasteiger partial charge in [0.2, 0.25) is 5.16 Å². The van der Waals surface area contributed by atoms with Crippen molar-refractivity contribution in [1.82, 2.24) is 25.5 Å². The lowest BCUT2D eigenvalue weighted by atomic mass is 10.3. The normalized spacial score (nSPS) is 24.5. The maximum atomic E-state index is 11.5. The second-order valence-corrected chi connectivity index (χ2v) is 8.09. The van der Waals surface area contributed by atoms with Crippen molar-refractivity contribution >= 4 is 21.6 Å². The second kappa shape index (κ2) is 7.49. The van der Waals surface area contributed by atoms with Crippen LogP contribution < -0.4 is 5.32 Å². The number of aliphatic hydroxyl groups is 1. The standard InChI is InChI=1S/C10H19N5O4S2/c1-19-5-3-11-2-4-15-10(12-13-14-15)20-9-7-21(17,18)6-8(9)16/h8-9,11,16H,2-7H2,1H3. The molecule has 2 unspecified atom stereocenters. The number of ether oxygens (including phenoxy) is 1. The number of aliphatic hydroxyl groups excluding tert-OH is 1. The summed E-state index contributed by atoms with van der Waals surface area (Å²) in [7, 11) is -1.53. The van der Waals surface area contributed by atoms with Gasteiger partial charge in [-0.15, -0.1) is 5.10 Å². The highest BCUT2D eigenvalue weighted by Gasteiger charge is 2.38. The summed E-state index contributed by atoms with van der Waals surface area (Å²) < 4.78 is 29.5. The summed E-state index contributed by atoms with van der Waals surface area (Å²) in [5.74, 6) is -0.234. The summed E-state index contributed by atoms with van der Waals surface area (Å²) in [6.45, 7) is 2.60. The van der Waals surface area contributed by atoms with Crippen molar-refractivity contribution in [3.05, 3.63) is 0 Å². The van der Waals surface area contributed by atoms with Gasteiger partial charge < -0.3 is 15.2 Å². The third-order valence-electron chi connectivity index (χ3n) is 3.01. The molecule has 2 rings (SSSR count). The minimum absolute atomic E-state index is 0.0439. The second-order valence-electron chi connectivity index (χ2n) is 4.73. The highest BCUT2D eigenvalue weighted by atomic mass is 32.2. The van der Waals surface area contributed by atoms with E-state index in [0.717, 1.165) is 6.54 Å². The van der Waals surface area contributed by atoms with Crippen molar-refractivity contribution in [2.24, 2.45) is 0 Å². The molecule has 0 aliphatic carbocycles. The van der Waals surface area contributed by atoms with E-state index in [1.54, 1.807) is 11.8 Å². The fourth-order valence-electron chi connectivity index (χ4n) is 1.95. The molecule has 1 aliphatic rings. The van der Waals surface area contributed by atoms with Crippen LogP contribution in [0.4, 0.5) is 0 Å². The molecule has 2 heterocycles. The molecule has 2 N–H and O–H groups in total. The first-order valence-electron chi connectivity index (χ1n) is 6.53. The van der Waals surface area contributed by atoms with E-state index in [2.05, 4.69) is 20.8 Å². The number of sulfone groups is 1. The van der Waals surface area contributed by atoms with E-state index in [1.807, 2.05) is 0 Å². The molecule has 0 bridgehead atoms. The Morgan fingerprint density at radius 3 is 2.95 bits per heavy atom. The number of tetrazole rings is 1. The number of nitrogens with one attached hydrogen (secondary N) is 1. The number of hydrogen-bond acceptors (Lipinski definition) is 9. The SMILES string of the molecule is COCCNCCn1nnnc1SC1CS(=O)(=O)CC1O. The zero-order valence-corrected chi connectivity index (χ0v) is 13.3. The van der Waals surface area contributed by atoms with Crippen LogP contribution in [0, 0.1) is 0 Å². The lowest BCUT2D eigenvalue weighted by Crippen LogP contribution is -2.25. The first-order valence-corrected chi connectivity index (χ1v) is 9.23. The molecule has 0 radical (unpaired) electrons. The fraction of sp³-hybridized carbons (Fsp3) is 0.900. The Labute approximate surface area is 127 Å². The summed E-state index contributed by atoms with van der Waals surface area (Å²) in [4.78, 5) is 0. The number of nitrogens with zero attached hydrogens (tertiary/aromatic N) is 4. The molecule has 120 valence electrons. The zero-order valence-electron chi connectivity index (χ0n) is 11.7. The summed E-state index contributed by atoms with van der Waals surface area (Å²) in [5.41, 5.74) is 0.